The Balaban J connectivity index is 1.39. The van der Waals surface area contributed by atoms with E-state index in [9.17, 15) is 0 Å². The summed E-state index contributed by atoms with van der Waals surface area (Å²) >= 11 is 5.44. The van der Waals surface area contributed by atoms with E-state index in [0.29, 0.717) is 5.11 Å². The molecule has 0 unspecified atom stereocenters. The Hall–Kier alpha value is -3.90. The van der Waals surface area contributed by atoms with Crippen molar-refractivity contribution in [3.8, 4) is 5.75 Å². The van der Waals surface area contributed by atoms with E-state index in [4.69, 9.17) is 17.0 Å². The van der Waals surface area contributed by atoms with Crippen molar-refractivity contribution < 1.29 is 4.74 Å². The van der Waals surface area contributed by atoms with Gasteiger partial charge in [0.25, 0.3) is 0 Å². The molecule has 0 saturated heterocycles. The summed E-state index contributed by atoms with van der Waals surface area (Å²) in [5, 5.41) is 11.4. The molecule has 4 aromatic rings. The molecule has 5 nitrogen and oxygen atoms in total. The molecule has 3 aromatic carbocycles. The van der Waals surface area contributed by atoms with Gasteiger partial charge in [-0.15, -0.1) is 0 Å². The van der Waals surface area contributed by atoms with E-state index in [1.165, 1.54) is 5.56 Å². The molecule has 0 bridgehead atoms. The number of nitrogens with one attached hydrogen (secondary N) is 3. The maximum atomic E-state index is 5.44. The lowest BCUT2D eigenvalue weighted by Gasteiger charge is -2.14. The van der Waals surface area contributed by atoms with Crippen LogP contribution in [0.2, 0.25) is 0 Å². The van der Waals surface area contributed by atoms with Gasteiger partial charge in [-0.25, -0.2) is 0 Å². The fourth-order valence-electron chi connectivity index (χ4n) is 3.61. The minimum Gasteiger partial charge on any atom is -0.496 e. The Morgan fingerprint density at radius 1 is 1.00 bits per heavy atom. The molecule has 4 rings (SSSR count). The van der Waals surface area contributed by atoms with Crippen LogP contribution in [-0.4, -0.2) is 17.2 Å². The first-order valence-corrected chi connectivity index (χ1v) is 11.0. The van der Waals surface area contributed by atoms with E-state index in [2.05, 4.69) is 45.7 Å². The van der Waals surface area contributed by atoms with Gasteiger partial charge >= 0.3 is 0 Å². The van der Waals surface area contributed by atoms with Crippen molar-refractivity contribution in [1.82, 2.24) is 10.3 Å². The third-order valence-electron chi connectivity index (χ3n) is 5.23. The maximum absolute atomic E-state index is 5.44. The first kappa shape index (κ1) is 22.3. The van der Waals surface area contributed by atoms with E-state index in [-0.39, 0.29) is 0 Å². The summed E-state index contributed by atoms with van der Waals surface area (Å²) in [5.41, 5.74) is 6.82. The number of ether oxygens (including phenoxy) is 1. The highest BCUT2D eigenvalue weighted by Gasteiger charge is 2.08. The highest BCUT2D eigenvalue weighted by molar-refractivity contribution is 7.80. The summed E-state index contributed by atoms with van der Waals surface area (Å²) in [7, 11) is 1.67. The van der Waals surface area contributed by atoms with Crippen LogP contribution in [-0.2, 0) is 6.42 Å². The second-order valence-electron chi connectivity index (χ2n) is 7.74. The van der Waals surface area contributed by atoms with Crippen LogP contribution in [0.15, 0.2) is 91.3 Å². The van der Waals surface area contributed by atoms with Crippen LogP contribution in [0.4, 0.5) is 17.1 Å². The molecule has 0 radical (unpaired) electrons. The van der Waals surface area contributed by atoms with E-state index >= 15 is 0 Å². The molecule has 0 spiro atoms. The normalized spacial score (nSPS) is 10.5. The first-order chi connectivity index (χ1) is 16.0. The predicted molar refractivity (Wildman–Crippen MR) is 141 cm³/mol. The van der Waals surface area contributed by atoms with Crippen LogP contribution < -0.4 is 20.7 Å². The van der Waals surface area contributed by atoms with Crippen molar-refractivity contribution in [3.05, 3.63) is 102 Å². The Morgan fingerprint density at radius 3 is 2.45 bits per heavy atom. The van der Waals surface area contributed by atoms with Crippen LogP contribution in [0.25, 0.3) is 10.9 Å². The zero-order valence-electron chi connectivity index (χ0n) is 18.7. The zero-order valence-corrected chi connectivity index (χ0v) is 19.5. The molecular formula is C27H26N4OS. The number of aromatic nitrogens is 1. The standard InChI is InChI=1S/C27H26N4OS/c1-18-15-23-24(13-14-28-25(23)17-26(18)32-3)30-21-9-11-22(12-10-21)31-27(33)29-19(2)16-20-7-5-4-6-8-20/h4-15,17H,2,16H2,1,3H3,(H,28,30)(H2,29,31,33). The van der Waals surface area contributed by atoms with Gasteiger partial charge in [-0.3, -0.25) is 4.98 Å². The molecule has 3 N–H and O–H groups in total. The summed E-state index contributed by atoms with van der Waals surface area (Å²) in [5.74, 6) is 0.832. The van der Waals surface area contributed by atoms with Gasteiger partial charge in [0.05, 0.1) is 12.6 Å². The quantitative estimate of drug-likeness (QED) is 0.283. The van der Waals surface area contributed by atoms with Crippen molar-refractivity contribution in [2.75, 3.05) is 17.7 Å². The smallest absolute Gasteiger partial charge is 0.175 e. The van der Waals surface area contributed by atoms with Gasteiger partial charge < -0.3 is 20.7 Å². The molecule has 1 heterocycles. The van der Waals surface area contributed by atoms with E-state index in [1.807, 2.05) is 61.5 Å². The number of rotatable bonds is 7. The van der Waals surface area contributed by atoms with Crippen LogP contribution in [0, 0.1) is 6.92 Å². The van der Waals surface area contributed by atoms with Gasteiger partial charge in [0.15, 0.2) is 5.11 Å². The van der Waals surface area contributed by atoms with Crippen LogP contribution in [0.1, 0.15) is 11.1 Å². The fourth-order valence-corrected chi connectivity index (χ4v) is 3.87. The molecule has 1 aromatic heterocycles. The molecule has 6 heteroatoms. The van der Waals surface area contributed by atoms with Crippen molar-refractivity contribution in [2.45, 2.75) is 13.3 Å². The molecule has 33 heavy (non-hydrogen) atoms. The highest BCUT2D eigenvalue weighted by Crippen LogP contribution is 2.30. The fraction of sp³-hybridized carbons (Fsp3) is 0.111. The summed E-state index contributed by atoms with van der Waals surface area (Å²) < 4.78 is 5.42. The number of pyridine rings is 1. The number of benzene rings is 3. The zero-order chi connectivity index (χ0) is 23.2. The lowest BCUT2D eigenvalue weighted by atomic mass is 10.1. The van der Waals surface area contributed by atoms with Gasteiger partial charge in [-0.05, 0) is 66.7 Å². The van der Waals surface area contributed by atoms with Gasteiger partial charge in [-0.2, -0.15) is 0 Å². The molecule has 0 amide bonds. The molecule has 166 valence electrons. The van der Waals surface area contributed by atoms with Crippen molar-refractivity contribution >= 4 is 45.3 Å². The Labute approximate surface area is 199 Å². The van der Waals surface area contributed by atoms with Crippen LogP contribution >= 0.6 is 12.2 Å². The van der Waals surface area contributed by atoms with Gasteiger partial charge in [0.1, 0.15) is 5.75 Å². The number of thiocarbonyl (C=S) groups is 1. The number of aryl methyl sites for hydroxylation is 1. The molecule has 0 aliphatic rings. The molecular weight excluding hydrogens is 428 g/mol. The number of methoxy groups -OCH3 is 1. The van der Waals surface area contributed by atoms with E-state index < -0.39 is 0 Å². The van der Waals surface area contributed by atoms with E-state index in [0.717, 1.165) is 51.4 Å². The molecule has 0 atom stereocenters. The Morgan fingerprint density at radius 2 is 1.73 bits per heavy atom. The summed E-state index contributed by atoms with van der Waals surface area (Å²) in [6.45, 7) is 6.10. The average Bonchev–Trinajstić information content (AvgIpc) is 2.81. The third-order valence-corrected chi connectivity index (χ3v) is 5.43. The molecule has 0 saturated carbocycles. The predicted octanol–water partition coefficient (Wildman–Crippen LogP) is 6.34. The SMILES string of the molecule is C=C(Cc1ccccc1)NC(=S)Nc1ccc(Nc2ccnc3cc(OC)c(C)cc23)cc1. The number of nitrogens with zero attached hydrogens (tertiary/aromatic N) is 1. The number of hydrogen-bond acceptors (Lipinski definition) is 4. The largest absolute Gasteiger partial charge is 0.496 e. The topological polar surface area (TPSA) is 58.2 Å². The van der Waals surface area contributed by atoms with Gasteiger partial charge in [-0.1, -0.05) is 36.9 Å². The average molecular weight is 455 g/mol. The Bertz CT molecular complexity index is 1290. The monoisotopic (exact) mass is 454 g/mol. The van der Waals surface area contributed by atoms with Crippen molar-refractivity contribution in [1.29, 1.82) is 0 Å². The van der Waals surface area contributed by atoms with Crippen molar-refractivity contribution in [3.63, 3.8) is 0 Å². The molecule has 0 aliphatic carbocycles. The van der Waals surface area contributed by atoms with Gasteiger partial charge in [0, 0.05) is 46.8 Å². The van der Waals surface area contributed by atoms with Crippen LogP contribution in [0.5, 0.6) is 5.75 Å². The first-order valence-electron chi connectivity index (χ1n) is 10.6. The highest BCUT2D eigenvalue weighted by atomic mass is 32.1. The summed E-state index contributed by atoms with van der Waals surface area (Å²) in [6, 6.07) is 24.2. The number of allylic oxidation sites excluding steroid dienone is 1. The van der Waals surface area contributed by atoms with Crippen molar-refractivity contribution in [2.24, 2.45) is 0 Å². The second-order valence-corrected chi connectivity index (χ2v) is 8.15. The summed E-state index contributed by atoms with van der Waals surface area (Å²) in [4.78, 5) is 4.47. The van der Waals surface area contributed by atoms with E-state index in [1.54, 1.807) is 13.3 Å². The number of fused-ring (bicyclic) bond motifs is 1. The lowest BCUT2D eigenvalue weighted by Crippen LogP contribution is -2.28. The third kappa shape index (κ3) is 5.67. The number of hydrogen-bond donors (Lipinski definition) is 3. The minimum absolute atomic E-state index is 0.515. The summed E-state index contributed by atoms with van der Waals surface area (Å²) in [6.07, 6.45) is 2.51. The van der Waals surface area contributed by atoms with Crippen LogP contribution in [0.3, 0.4) is 0 Å². The second kappa shape index (κ2) is 10.1. The Kier molecular flexibility index (Phi) is 6.86. The molecule has 0 aliphatic heterocycles. The van der Waals surface area contributed by atoms with Gasteiger partial charge in [0.2, 0.25) is 0 Å². The lowest BCUT2D eigenvalue weighted by molar-refractivity contribution is 0.412. The minimum atomic E-state index is 0.515. The number of anilines is 3. The maximum Gasteiger partial charge on any atom is 0.175 e. The molecule has 0 fully saturated rings.